The number of hydrogen-bond acceptors (Lipinski definition) is 2. The van der Waals surface area contributed by atoms with Gasteiger partial charge in [0.2, 0.25) is 0 Å². The second-order valence-corrected chi connectivity index (χ2v) is 6.40. The molecule has 1 atom stereocenters. The predicted octanol–water partition coefficient (Wildman–Crippen LogP) is 3.80. The predicted molar refractivity (Wildman–Crippen MR) is 80.8 cm³/mol. The maximum Gasteiger partial charge on any atom is 0.0303 e. The second kappa shape index (κ2) is 8.16. The molecule has 0 aliphatic heterocycles. The minimum atomic E-state index is 0.242. The summed E-state index contributed by atoms with van der Waals surface area (Å²) in [5, 5.41) is 0. The van der Waals surface area contributed by atoms with Crippen LogP contribution in [0.25, 0.3) is 0 Å². The van der Waals surface area contributed by atoms with Gasteiger partial charge in [-0.25, -0.2) is 0 Å². The molecule has 0 spiro atoms. The fourth-order valence-corrected chi connectivity index (χ4v) is 2.79. The largest absolute Gasteiger partial charge is 0.329 e. The summed E-state index contributed by atoms with van der Waals surface area (Å²) in [6.45, 7) is 10.3. The lowest BCUT2D eigenvalue weighted by Gasteiger charge is -2.41. The van der Waals surface area contributed by atoms with Crippen molar-refractivity contribution >= 4 is 0 Å². The number of rotatable bonds is 11. The topological polar surface area (TPSA) is 29.3 Å². The lowest BCUT2D eigenvalue weighted by molar-refractivity contribution is 0.0925. The Balaban J connectivity index is 2.44. The van der Waals surface area contributed by atoms with Gasteiger partial charge in [-0.2, -0.15) is 0 Å². The molecular formula is C16H34N2. The van der Waals surface area contributed by atoms with E-state index in [0.717, 1.165) is 12.5 Å². The van der Waals surface area contributed by atoms with Crippen molar-refractivity contribution in [3.05, 3.63) is 0 Å². The van der Waals surface area contributed by atoms with Gasteiger partial charge in [0, 0.05) is 18.6 Å². The smallest absolute Gasteiger partial charge is 0.0303 e. The molecule has 1 unspecified atom stereocenters. The number of nitrogens with zero attached hydrogens (tertiary/aromatic N) is 1. The molecule has 1 saturated carbocycles. The van der Waals surface area contributed by atoms with Crippen LogP contribution in [0.1, 0.15) is 72.1 Å². The van der Waals surface area contributed by atoms with Gasteiger partial charge in [-0.3, -0.25) is 4.90 Å². The van der Waals surface area contributed by atoms with E-state index in [1.54, 1.807) is 0 Å². The molecule has 2 nitrogen and oxygen atoms in total. The molecule has 0 amide bonds. The summed E-state index contributed by atoms with van der Waals surface area (Å²) in [5.74, 6) is 0.970. The first-order valence-electron chi connectivity index (χ1n) is 8.11. The second-order valence-electron chi connectivity index (χ2n) is 6.40. The van der Waals surface area contributed by atoms with Gasteiger partial charge in [0.25, 0.3) is 0 Å². The first-order valence-corrected chi connectivity index (χ1v) is 8.11. The minimum absolute atomic E-state index is 0.242. The van der Waals surface area contributed by atoms with Gasteiger partial charge in [-0.15, -0.1) is 0 Å². The van der Waals surface area contributed by atoms with Crippen molar-refractivity contribution < 1.29 is 0 Å². The van der Waals surface area contributed by atoms with Crippen LogP contribution in [0.2, 0.25) is 0 Å². The maximum absolute atomic E-state index is 6.11. The molecule has 0 aromatic rings. The number of nitrogens with two attached hydrogens (primary N) is 1. The monoisotopic (exact) mass is 254 g/mol. The lowest BCUT2D eigenvalue weighted by Crippen LogP contribution is -2.52. The van der Waals surface area contributed by atoms with E-state index in [1.165, 1.54) is 64.5 Å². The van der Waals surface area contributed by atoms with Gasteiger partial charge in [0.05, 0.1) is 0 Å². The van der Waals surface area contributed by atoms with Gasteiger partial charge >= 0.3 is 0 Å². The normalized spacial score (nSPS) is 19.2. The zero-order chi connectivity index (χ0) is 13.4. The molecular weight excluding hydrogens is 220 g/mol. The van der Waals surface area contributed by atoms with E-state index in [0.29, 0.717) is 0 Å². The number of unbranched alkanes of at least 4 members (excludes halogenated alkanes) is 3. The Morgan fingerprint density at radius 3 is 2.33 bits per heavy atom. The lowest BCUT2D eigenvalue weighted by atomic mass is 9.91. The Labute approximate surface area is 114 Å². The minimum Gasteiger partial charge on any atom is -0.329 e. The van der Waals surface area contributed by atoms with Crippen LogP contribution in [0, 0.1) is 5.92 Å². The van der Waals surface area contributed by atoms with Gasteiger partial charge in [-0.1, -0.05) is 39.5 Å². The van der Waals surface area contributed by atoms with Crippen molar-refractivity contribution in [1.82, 2.24) is 4.90 Å². The van der Waals surface area contributed by atoms with Crippen LogP contribution >= 0.6 is 0 Å². The van der Waals surface area contributed by atoms with E-state index in [2.05, 4.69) is 25.7 Å². The van der Waals surface area contributed by atoms with Gasteiger partial charge in [0.1, 0.15) is 0 Å². The van der Waals surface area contributed by atoms with Crippen molar-refractivity contribution in [1.29, 1.82) is 0 Å². The van der Waals surface area contributed by atoms with Crippen LogP contribution in [0.5, 0.6) is 0 Å². The SMILES string of the molecule is CCCCCCC(C)(CN)N(CCC)CC1CC1. The molecule has 1 fully saturated rings. The van der Waals surface area contributed by atoms with E-state index in [4.69, 9.17) is 5.73 Å². The van der Waals surface area contributed by atoms with Gasteiger partial charge < -0.3 is 5.73 Å². The summed E-state index contributed by atoms with van der Waals surface area (Å²) in [6.07, 6.45) is 10.8. The Kier molecular flexibility index (Phi) is 7.25. The van der Waals surface area contributed by atoms with Crippen molar-refractivity contribution in [2.75, 3.05) is 19.6 Å². The van der Waals surface area contributed by atoms with Crippen molar-refractivity contribution in [2.24, 2.45) is 11.7 Å². The average Bonchev–Trinajstić information content (AvgIpc) is 3.18. The highest BCUT2D eigenvalue weighted by molar-refractivity contribution is 4.90. The highest BCUT2D eigenvalue weighted by Gasteiger charge is 2.33. The molecule has 0 saturated heterocycles. The summed E-state index contributed by atoms with van der Waals surface area (Å²) >= 11 is 0. The van der Waals surface area contributed by atoms with Gasteiger partial charge in [-0.05, 0) is 45.1 Å². The first kappa shape index (κ1) is 16.0. The number of hydrogen-bond donors (Lipinski definition) is 1. The molecule has 1 rings (SSSR count). The fourth-order valence-electron chi connectivity index (χ4n) is 2.79. The van der Waals surface area contributed by atoms with Crippen molar-refractivity contribution in [2.45, 2.75) is 77.7 Å². The molecule has 0 radical (unpaired) electrons. The Hall–Kier alpha value is -0.0800. The van der Waals surface area contributed by atoms with Gasteiger partial charge in [0.15, 0.2) is 0 Å². The average molecular weight is 254 g/mol. The molecule has 0 heterocycles. The standard InChI is InChI=1S/C16H34N2/c1-4-6-7-8-11-16(3,14-17)18(12-5-2)13-15-9-10-15/h15H,4-14,17H2,1-3H3. The summed E-state index contributed by atoms with van der Waals surface area (Å²) in [7, 11) is 0. The molecule has 0 aromatic carbocycles. The van der Waals surface area contributed by atoms with Crippen molar-refractivity contribution in [3.8, 4) is 0 Å². The molecule has 0 aromatic heterocycles. The summed E-state index contributed by atoms with van der Waals surface area (Å²) in [4.78, 5) is 2.69. The zero-order valence-corrected chi connectivity index (χ0v) is 12.9. The third-order valence-corrected chi connectivity index (χ3v) is 4.44. The third kappa shape index (κ3) is 5.27. The van der Waals surface area contributed by atoms with Crippen LogP contribution in [0.4, 0.5) is 0 Å². The van der Waals surface area contributed by atoms with E-state index < -0.39 is 0 Å². The highest BCUT2D eigenvalue weighted by Crippen LogP contribution is 2.33. The Morgan fingerprint density at radius 1 is 1.11 bits per heavy atom. The molecule has 18 heavy (non-hydrogen) atoms. The quantitative estimate of drug-likeness (QED) is 0.568. The highest BCUT2D eigenvalue weighted by atomic mass is 15.2. The van der Waals surface area contributed by atoms with Crippen LogP contribution in [-0.4, -0.2) is 30.1 Å². The summed E-state index contributed by atoms with van der Waals surface area (Å²) in [6, 6.07) is 0. The van der Waals surface area contributed by atoms with Crippen LogP contribution in [0.15, 0.2) is 0 Å². The molecule has 108 valence electrons. The maximum atomic E-state index is 6.11. The van der Waals surface area contributed by atoms with E-state index in [-0.39, 0.29) is 5.54 Å². The van der Waals surface area contributed by atoms with E-state index >= 15 is 0 Å². The van der Waals surface area contributed by atoms with E-state index in [1.807, 2.05) is 0 Å². The summed E-state index contributed by atoms with van der Waals surface area (Å²) < 4.78 is 0. The molecule has 0 bridgehead atoms. The summed E-state index contributed by atoms with van der Waals surface area (Å²) in [5.41, 5.74) is 6.35. The van der Waals surface area contributed by atoms with Crippen LogP contribution in [0.3, 0.4) is 0 Å². The first-order chi connectivity index (χ1) is 8.66. The zero-order valence-electron chi connectivity index (χ0n) is 12.9. The Morgan fingerprint density at radius 2 is 1.83 bits per heavy atom. The van der Waals surface area contributed by atoms with Crippen LogP contribution < -0.4 is 5.73 Å². The third-order valence-electron chi connectivity index (χ3n) is 4.44. The molecule has 2 N–H and O–H groups in total. The van der Waals surface area contributed by atoms with E-state index in [9.17, 15) is 0 Å². The van der Waals surface area contributed by atoms with Crippen LogP contribution in [-0.2, 0) is 0 Å². The van der Waals surface area contributed by atoms with Crippen molar-refractivity contribution in [3.63, 3.8) is 0 Å². The molecule has 1 aliphatic carbocycles. The molecule has 1 aliphatic rings. The fraction of sp³-hybridized carbons (Fsp3) is 1.00. The molecule has 2 heteroatoms. The Bertz CT molecular complexity index is 213.